The van der Waals surface area contributed by atoms with Crippen molar-refractivity contribution in [1.29, 1.82) is 0 Å². The molecular weight excluding hydrogens is 287 g/mol. The molecule has 105 valence electrons. The van der Waals surface area contributed by atoms with E-state index in [2.05, 4.69) is 52.4 Å². The van der Waals surface area contributed by atoms with Crippen LogP contribution in [-0.4, -0.2) is 42.6 Å². The van der Waals surface area contributed by atoms with E-state index in [0.717, 1.165) is 26.4 Å². The maximum atomic E-state index is 4.94. The molecule has 0 unspecified atom stereocenters. The van der Waals surface area contributed by atoms with Gasteiger partial charge in [0, 0.05) is 0 Å². The van der Waals surface area contributed by atoms with Crippen molar-refractivity contribution in [3.05, 3.63) is 13.1 Å². The van der Waals surface area contributed by atoms with E-state index in [1.165, 1.54) is 0 Å². The summed E-state index contributed by atoms with van der Waals surface area (Å²) in [5.74, 6) is 0. The van der Waals surface area contributed by atoms with E-state index in [4.69, 9.17) is 9.47 Å². The smallest absolute Gasteiger partial charge is 0.377 e. The molecule has 17 heavy (non-hydrogen) atoms. The molecule has 1 rings (SSSR count). The summed E-state index contributed by atoms with van der Waals surface area (Å²) in [5, 5.41) is 0. The maximum absolute atomic E-state index is 4.94. The second-order valence-corrected chi connectivity index (χ2v) is 16.6. The molecule has 0 saturated carbocycles. The van der Waals surface area contributed by atoms with Crippen LogP contribution in [-0.2, 0) is 26.5 Å². The summed E-state index contributed by atoms with van der Waals surface area (Å²) in [7, 11) is -1.72. The van der Waals surface area contributed by atoms with Crippen molar-refractivity contribution >= 4 is 16.1 Å². The van der Waals surface area contributed by atoms with Gasteiger partial charge in [-0.15, -0.1) is 16.1 Å². The molecule has 1 saturated heterocycles. The van der Waals surface area contributed by atoms with E-state index in [-0.39, 0.29) is 17.1 Å². The molecule has 0 N–H and O–H groups in total. The molecule has 0 aromatic carbocycles. The first kappa shape index (κ1) is 23.0. The van der Waals surface area contributed by atoms with Gasteiger partial charge in [-0.3, -0.25) is 0 Å². The fourth-order valence-corrected chi connectivity index (χ4v) is 0.440. The zero-order valence-electron chi connectivity index (χ0n) is 12.4. The van der Waals surface area contributed by atoms with Gasteiger partial charge in [-0.2, -0.15) is 0 Å². The Bertz CT molecular complexity index is 114. The molecular formula is C12H30MnO2Si2. The van der Waals surface area contributed by atoms with Gasteiger partial charge in [0.15, 0.2) is 0 Å². The summed E-state index contributed by atoms with van der Waals surface area (Å²) in [6.45, 7) is 24.2. The van der Waals surface area contributed by atoms with Crippen molar-refractivity contribution in [2.75, 3.05) is 26.4 Å². The minimum absolute atomic E-state index is 0. The Balaban J connectivity index is -0.000000170. The average Bonchev–Trinajstić information content (AvgIpc) is 2.01. The molecule has 0 atom stereocenters. The van der Waals surface area contributed by atoms with Gasteiger partial charge in [-0.05, 0) is 0 Å². The Kier molecular flexibility index (Phi) is 16.2. The van der Waals surface area contributed by atoms with Crippen LogP contribution in [0, 0.1) is 13.1 Å². The Hall–Kier alpha value is 0.873. The van der Waals surface area contributed by atoms with Crippen LogP contribution in [0.25, 0.3) is 0 Å². The number of hydrogen-bond acceptors (Lipinski definition) is 2. The fourth-order valence-electron chi connectivity index (χ4n) is 0.440. The molecule has 0 spiro atoms. The average molecular weight is 317 g/mol. The summed E-state index contributed by atoms with van der Waals surface area (Å²) in [4.78, 5) is 0. The van der Waals surface area contributed by atoms with Gasteiger partial charge in [-0.25, -0.2) is 0 Å². The normalized spacial score (nSPS) is 15.5. The molecule has 5 heteroatoms. The number of rotatable bonds is 0. The Morgan fingerprint density at radius 1 is 0.647 bits per heavy atom. The first-order valence-corrected chi connectivity index (χ1v) is 13.3. The molecule has 1 aliphatic rings. The van der Waals surface area contributed by atoms with Crippen molar-refractivity contribution in [3.63, 3.8) is 0 Å². The fraction of sp³-hybridized carbons (Fsp3) is 0.833. The Morgan fingerprint density at radius 2 is 0.765 bits per heavy atom. The summed E-state index contributed by atoms with van der Waals surface area (Å²) >= 11 is 0. The molecule has 0 amide bonds. The van der Waals surface area contributed by atoms with Crippen LogP contribution in [0.3, 0.4) is 0 Å². The zero-order valence-corrected chi connectivity index (χ0v) is 15.6. The van der Waals surface area contributed by atoms with E-state index in [1.807, 2.05) is 0 Å². The Morgan fingerprint density at radius 3 is 0.824 bits per heavy atom. The van der Waals surface area contributed by atoms with Gasteiger partial charge in [0.1, 0.15) is 0 Å². The minimum Gasteiger partial charge on any atom is -0.377 e. The standard InChI is InChI=1S/C4H8O2.2C4H11Si.Mn/c1-2-6-4-3-5-1;2*1-5(2,3)4;/h1-4H2;2*1H2,2-4H3;/q;2*-1;+2. The second-order valence-electron chi connectivity index (χ2n) is 6.35. The molecule has 2 nitrogen and oxygen atoms in total. The zero-order chi connectivity index (χ0) is 13.2. The predicted octanol–water partition coefficient (Wildman–Crippen LogP) is 3.43. The maximum Gasteiger partial charge on any atom is 2.00 e. The molecule has 0 aliphatic carbocycles. The summed E-state index contributed by atoms with van der Waals surface area (Å²) in [6, 6.07) is 0. The molecule has 0 aromatic rings. The van der Waals surface area contributed by atoms with Crippen LogP contribution in [0.5, 0.6) is 0 Å². The van der Waals surface area contributed by atoms with E-state index in [9.17, 15) is 0 Å². The largest absolute Gasteiger partial charge is 2.00 e. The van der Waals surface area contributed by atoms with Gasteiger partial charge >= 0.3 is 17.1 Å². The summed E-state index contributed by atoms with van der Waals surface area (Å²) in [6.07, 6.45) is 0. The molecule has 1 fully saturated rings. The van der Waals surface area contributed by atoms with Crippen LogP contribution in [0.4, 0.5) is 0 Å². The van der Waals surface area contributed by atoms with E-state index < -0.39 is 16.1 Å². The molecule has 1 radical (unpaired) electrons. The first-order valence-electron chi connectivity index (χ1n) is 5.86. The summed E-state index contributed by atoms with van der Waals surface area (Å²) in [5.41, 5.74) is 0. The van der Waals surface area contributed by atoms with Crippen LogP contribution >= 0.6 is 0 Å². The van der Waals surface area contributed by atoms with E-state index in [0.29, 0.717) is 0 Å². The van der Waals surface area contributed by atoms with Gasteiger partial charge in [-0.1, -0.05) is 39.3 Å². The monoisotopic (exact) mass is 317 g/mol. The quantitative estimate of drug-likeness (QED) is 0.503. The molecule has 0 bridgehead atoms. The van der Waals surface area contributed by atoms with Crippen molar-refractivity contribution in [1.82, 2.24) is 0 Å². The van der Waals surface area contributed by atoms with Crippen LogP contribution in [0.1, 0.15) is 0 Å². The number of ether oxygens (including phenoxy) is 2. The van der Waals surface area contributed by atoms with Crippen LogP contribution in [0.2, 0.25) is 39.3 Å². The van der Waals surface area contributed by atoms with Crippen molar-refractivity contribution < 1.29 is 26.5 Å². The molecule has 0 aromatic heterocycles. The second kappa shape index (κ2) is 11.9. The van der Waals surface area contributed by atoms with Gasteiger partial charge in [0.2, 0.25) is 0 Å². The Labute approximate surface area is 121 Å². The SMILES string of the molecule is C1COCCO1.[CH2-][Si](C)(C)C.[CH2-][Si](C)(C)C.[Mn+2]. The van der Waals surface area contributed by atoms with Crippen LogP contribution < -0.4 is 0 Å². The first-order chi connectivity index (χ1) is 7.00. The van der Waals surface area contributed by atoms with E-state index >= 15 is 0 Å². The molecule has 1 aliphatic heterocycles. The minimum atomic E-state index is -0.861. The van der Waals surface area contributed by atoms with Gasteiger partial charge in [0.05, 0.1) is 26.4 Å². The van der Waals surface area contributed by atoms with Crippen molar-refractivity contribution in [3.8, 4) is 0 Å². The third kappa shape index (κ3) is 79.0. The summed E-state index contributed by atoms with van der Waals surface area (Å²) < 4.78 is 9.89. The number of hydrogen-bond donors (Lipinski definition) is 0. The van der Waals surface area contributed by atoms with Gasteiger partial charge < -0.3 is 22.6 Å². The third-order valence-corrected chi connectivity index (χ3v) is 0.744. The van der Waals surface area contributed by atoms with Gasteiger partial charge in [0.25, 0.3) is 0 Å². The van der Waals surface area contributed by atoms with Crippen molar-refractivity contribution in [2.45, 2.75) is 39.3 Å². The molecule has 1 heterocycles. The van der Waals surface area contributed by atoms with Crippen molar-refractivity contribution in [2.24, 2.45) is 0 Å². The van der Waals surface area contributed by atoms with Crippen LogP contribution in [0.15, 0.2) is 0 Å². The predicted molar refractivity (Wildman–Crippen MR) is 79.0 cm³/mol. The topological polar surface area (TPSA) is 18.5 Å². The third-order valence-electron chi connectivity index (χ3n) is 0.744. The van der Waals surface area contributed by atoms with E-state index in [1.54, 1.807) is 0 Å².